The van der Waals surface area contributed by atoms with Crippen LogP contribution in [-0.4, -0.2) is 36.3 Å². The van der Waals surface area contributed by atoms with Gasteiger partial charge in [0, 0.05) is 25.7 Å². The Hall–Kier alpha value is -1.91. The van der Waals surface area contributed by atoms with Crippen LogP contribution >= 0.6 is 0 Å². The van der Waals surface area contributed by atoms with E-state index in [1.54, 1.807) is 24.1 Å². The Labute approximate surface area is 124 Å². The number of anilines is 1. The molecule has 5 heteroatoms. The zero-order chi connectivity index (χ0) is 15.4. The van der Waals surface area contributed by atoms with Gasteiger partial charge < -0.3 is 4.90 Å². The maximum atomic E-state index is 13.0. The van der Waals surface area contributed by atoms with Crippen LogP contribution in [0, 0.1) is 5.82 Å². The number of hydrogen-bond donors (Lipinski definition) is 0. The number of hydrogen-bond acceptors (Lipinski definition) is 2. The number of halogens is 1. The van der Waals surface area contributed by atoms with Crippen LogP contribution in [0.25, 0.3) is 0 Å². The summed E-state index contributed by atoms with van der Waals surface area (Å²) in [6.07, 6.45) is 2.84. The van der Waals surface area contributed by atoms with Gasteiger partial charge in [-0.15, -0.1) is 0 Å². The van der Waals surface area contributed by atoms with Crippen molar-refractivity contribution in [2.24, 2.45) is 0 Å². The molecule has 2 amide bonds. The third kappa shape index (κ3) is 3.40. The van der Waals surface area contributed by atoms with Crippen molar-refractivity contribution in [2.45, 2.75) is 38.6 Å². The fraction of sp³-hybridized carbons (Fsp3) is 0.500. The predicted octanol–water partition coefficient (Wildman–Crippen LogP) is 2.58. The van der Waals surface area contributed by atoms with Crippen LogP contribution in [0.5, 0.6) is 0 Å². The van der Waals surface area contributed by atoms with Gasteiger partial charge in [0.05, 0.1) is 0 Å². The van der Waals surface area contributed by atoms with E-state index >= 15 is 0 Å². The average molecular weight is 292 g/mol. The molecule has 1 heterocycles. The minimum Gasteiger partial charge on any atom is -0.344 e. The first-order valence-corrected chi connectivity index (χ1v) is 7.37. The van der Waals surface area contributed by atoms with E-state index in [1.807, 2.05) is 0 Å². The van der Waals surface area contributed by atoms with E-state index in [0.29, 0.717) is 25.1 Å². The molecule has 0 saturated carbocycles. The number of nitrogens with zero attached hydrogens (tertiary/aromatic N) is 2. The minimum atomic E-state index is -0.468. The lowest BCUT2D eigenvalue weighted by molar-refractivity contribution is -0.131. The molecule has 114 valence electrons. The summed E-state index contributed by atoms with van der Waals surface area (Å²) in [4.78, 5) is 27.8. The van der Waals surface area contributed by atoms with Gasteiger partial charge in [-0.05, 0) is 37.1 Å². The Bertz CT molecular complexity index is 516. The van der Waals surface area contributed by atoms with Gasteiger partial charge in [-0.25, -0.2) is 4.39 Å². The molecule has 0 radical (unpaired) electrons. The second-order valence-corrected chi connectivity index (χ2v) is 5.41. The van der Waals surface area contributed by atoms with Crippen LogP contribution in [0.2, 0.25) is 0 Å². The number of unbranched alkanes of at least 4 members (excludes halogenated alkanes) is 1. The lowest BCUT2D eigenvalue weighted by Crippen LogP contribution is -2.45. The molecule has 0 N–H and O–H groups in total. The summed E-state index contributed by atoms with van der Waals surface area (Å²) in [5, 5.41) is 0. The van der Waals surface area contributed by atoms with Crippen LogP contribution in [0.15, 0.2) is 24.3 Å². The number of benzene rings is 1. The highest BCUT2D eigenvalue weighted by Gasteiger charge is 2.38. The molecule has 0 spiro atoms. The average Bonchev–Trinajstić information content (AvgIpc) is 2.86. The van der Waals surface area contributed by atoms with E-state index < -0.39 is 6.04 Å². The Balaban J connectivity index is 2.16. The second-order valence-electron chi connectivity index (χ2n) is 5.41. The van der Waals surface area contributed by atoms with Crippen LogP contribution in [0.3, 0.4) is 0 Å². The molecule has 2 rings (SSSR count). The summed E-state index contributed by atoms with van der Waals surface area (Å²) < 4.78 is 13.0. The first-order valence-electron chi connectivity index (χ1n) is 7.37. The van der Waals surface area contributed by atoms with Gasteiger partial charge in [-0.2, -0.15) is 0 Å². The standard InChI is InChI=1S/C16H21FN2O2/c1-3-4-11-18(2)16(21)14-9-10-15(20)19(14)13-7-5-12(17)6-8-13/h5-8,14H,3-4,9-11H2,1-2H3. The van der Waals surface area contributed by atoms with E-state index in [4.69, 9.17) is 0 Å². The molecular formula is C16H21FN2O2. The van der Waals surface area contributed by atoms with Crippen molar-refractivity contribution >= 4 is 17.5 Å². The summed E-state index contributed by atoms with van der Waals surface area (Å²) in [5.41, 5.74) is 0.584. The molecule has 1 fully saturated rings. The van der Waals surface area contributed by atoms with E-state index in [9.17, 15) is 14.0 Å². The van der Waals surface area contributed by atoms with Crippen molar-refractivity contribution in [3.8, 4) is 0 Å². The Kier molecular flexibility index (Phi) is 4.94. The van der Waals surface area contributed by atoms with E-state index in [0.717, 1.165) is 12.8 Å². The van der Waals surface area contributed by atoms with Crippen molar-refractivity contribution < 1.29 is 14.0 Å². The van der Waals surface area contributed by atoms with Gasteiger partial charge in [0.2, 0.25) is 11.8 Å². The maximum Gasteiger partial charge on any atom is 0.245 e. The van der Waals surface area contributed by atoms with E-state index in [1.165, 1.54) is 17.0 Å². The Morgan fingerprint density at radius 3 is 2.67 bits per heavy atom. The molecule has 0 aromatic heterocycles. The summed E-state index contributed by atoms with van der Waals surface area (Å²) in [6.45, 7) is 2.76. The number of likely N-dealkylation sites (N-methyl/N-ethyl adjacent to an activating group) is 1. The number of amides is 2. The highest BCUT2D eigenvalue weighted by Crippen LogP contribution is 2.27. The molecule has 1 aliphatic rings. The molecule has 1 unspecified atom stereocenters. The lowest BCUT2D eigenvalue weighted by Gasteiger charge is -2.28. The molecule has 4 nitrogen and oxygen atoms in total. The summed E-state index contributed by atoms with van der Waals surface area (Å²) in [5.74, 6) is -0.476. The van der Waals surface area contributed by atoms with Crippen LogP contribution < -0.4 is 4.90 Å². The van der Waals surface area contributed by atoms with Gasteiger partial charge in [0.1, 0.15) is 11.9 Å². The quantitative estimate of drug-likeness (QED) is 0.837. The van der Waals surface area contributed by atoms with Crippen LogP contribution in [0.1, 0.15) is 32.6 Å². The normalized spacial score (nSPS) is 18.1. The molecule has 1 aliphatic heterocycles. The zero-order valence-corrected chi connectivity index (χ0v) is 12.5. The first-order chi connectivity index (χ1) is 10.0. The van der Waals surface area contributed by atoms with Crippen molar-refractivity contribution in [1.82, 2.24) is 4.90 Å². The van der Waals surface area contributed by atoms with Gasteiger partial charge >= 0.3 is 0 Å². The Morgan fingerprint density at radius 1 is 1.38 bits per heavy atom. The maximum absolute atomic E-state index is 13.0. The zero-order valence-electron chi connectivity index (χ0n) is 12.5. The van der Waals surface area contributed by atoms with E-state index in [-0.39, 0.29) is 17.6 Å². The largest absolute Gasteiger partial charge is 0.344 e. The van der Waals surface area contributed by atoms with Gasteiger partial charge in [0.15, 0.2) is 0 Å². The molecule has 1 aromatic rings. The van der Waals surface area contributed by atoms with Crippen molar-refractivity contribution in [3.05, 3.63) is 30.1 Å². The molecule has 1 atom stereocenters. The summed E-state index contributed by atoms with van der Waals surface area (Å²) in [6, 6.07) is 5.24. The van der Waals surface area contributed by atoms with E-state index in [2.05, 4.69) is 6.92 Å². The third-order valence-electron chi connectivity index (χ3n) is 3.83. The highest BCUT2D eigenvalue weighted by atomic mass is 19.1. The van der Waals surface area contributed by atoms with Gasteiger partial charge in [0.25, 0.3) is 0 Å². The molecule has 0 aliphatic carbocycles. The molecule has 0 bridgehead atoms. The van der Waals surface area contributed by atoms with Gasteiger partial charge in [-0.3, -0.25) is 14.5 Å². The number of carbonyl (C=O) groups is 2. The number of carbonyl (C=O) groups excluding carboxylic acids is 2. The van der Waals surface area contributed by atoms with Crippen molar-refractivity contribution in [2.75, 3.05) is 18.5 Å². The summed E-state index contributed by atoms with van der Waals surface area (Å²) >= 11 is 0. The monoisotopic (exact) mass is 292 g/mol. The second kappa shape index (κ2) is 6.70. The fourth-order valence-electron chi connectivity index (χ4n) is 2.60. The topological polar surface area (TPSA) is 40.6 Å². The van der Waals surface area contributed by atoms with Gasteiger partial charge in [-0.1, -0.05) is 13.3 Å². The molecular weight excluding hydrogens is 271 g/mol. The van der Waals surface area contributed by atoms with Crippen molar-refractivity contribution in [3.63, 3.8) is 0 Å². The molecule has 1 aromatic carbocycles. The molecule has 1 saturated heterocycles. The SMILES string of the molecule is CCCCN(C)C(=O)C1CCC(=O)N1c1ccc(F)cc1. The minimum absolute atomic E-state index is 0.0429. The number of rotatable bonds is 5. The summed E-state index contributed by atoms with van der Waals surface area (Å²) in [7, 11) is 1.77. The van der Waals surface area contributed by atoms with Crippen LogP contribution in [-0.2, 0) is 9.59 Å². The predicted molar refractivity (Wildman–Crippen MR) is 79.5 cm³/mol. The van der Waals surface area contributed by atoms with Crippen LogP contribution in [0.4, 0.5) is 10.1 Å². The smallest absolute Gasteiger partial charge is 0.245 e. The van der Waals surface area contributed by atoms with Crippen molar-refractivity contribution in [1.29, 1.82) is 0 Å². The molecule has 21 heavy (non-hydrogen) atoms. The first kappa shape index (κ1) is 15.5. The lowest BCUT2D eigenvalue weighted by atomic mass is 10.1. The fourth-order valence-corrected chi connectivity index (χ4v) is 2.60. The third-order valence-corrected chi connectivity index (χ3v) is 3.83. The Morgan fingerprint density at radius 2 is 2.05 bits per heavy atom. The highest BCUT2D eigenvalue weighted by molar-refractivity contribution is 6.03.